The highest BCUT2D eigenvalue weighted by molar-refractivity contribution is 7.71. The number of benzene rings is 2. The maximum atomic E-state index is 13.3. The molecule has 0 saturated carbocycles. The van der Waals surface area contributed by atoms with Gasteiger partial charge in [-0.1, -0.05) is 76.2 Å². The molecule has 0 aliphatic carbocycles. The Morgan fingerprint density at radius 2 is 1.48 bits per heavy atom. The molecule has 0 fully saturated rings. The summed E-state index contributed by atoms with van der Waals surface area (Å²) in [5.41, 5.74) is 3.23. The number of hydrogen-bond donors (Lipinski definition) is 1. The minimum atomic E-state index is -2.48. The van der Waals surface area contributed by atoms with E-state index in [0.29, 0.717) is 23.3 Å². The average Bonchev–Trinajstić information content (AvgIpc) is 2.93. The zero-order valence-electron chi connectivity index (χ0n) is 17.6. The highest BCUT2D eigenvalue weighted by Gasteiger charge is 2.45. The predicted octanol–water partition coefficient (Wildman–Crippen LogP) is 4.73. The predicted molar refractivity (Wildman–Crippen MR) is 117 cm³/mol. The molecule has 1 heterocycles. The number of rotatable bonds is 5. The van der Waals surface area contributed by atoms with Gasteiger partial charge in [0.1, 0.15) is 16.5 Å². The van der Waals surface area contributed by atoms with E-state index in [1.807, 2.05) is 38.1 Å². The molecule has 0 amide bonds. The van der Waals surface area contributed by atoms with Crippen molar-refractivity contribution in [1.82, 2.24) is 0 Å². The van der Waals surface area contributed by atoms with E-state index in [0.717, 1.165) is 11.1 Å². The minimum Gasteiger partial charge on any atom is -0.478 e. The lowest BCUT2D eigenvalue weighted by Crippen LogP contribution is -2.32. The van der Waals surface area contributed by atoms with E-state index in [1.165, 1.54) is 5.56 Å². The number of hydrogen-bond acceptors (Lipinski definition) is 4. The lowest BCUT2D eigenvalue weighted by Gasteiger charge is -2.22. The van der Waals surface area contributed by atoms with Gasteiger partial charge in [-0.05, 0) is 35.4 Å². The summed E-state index contributed by atoms with van der Waals surface area (Å²) >= 11 is 0. The van der Waals surface area contributed by atoms with Crippen LogP contribution in [0.4, 0.5) is 0 Å². The lowest BCUT2D eigenvalue weighted by atomic mass is 9.84. The van der Waals surface area contributed by atoms with Gasteiger partial charge in [-0.3, -0.25) is 4.79 Å². The molecule has 1 aliphatic heterocycles. The third-order valence-electron chi connectivity index (χ3n) is 5.50. The van der Waals surface area contributed by atoms with Crippen molar-refractivity contribution < 1.29 is 17.9 Å². The van der Waals surface area contributed by atoms with E-state index < -0.39 is 16.3 Å². The molecule has 0 radical (unpaired) electrons. The maximum Gasteiger partial charge on any atom is 0.210 e. The monoisotopic (exact) mass is 412 g/mol. The molecule has 1 aliphatic rings. The second-order valence-corrected chi connectivity index (χ2v) is 9.72. The molecule has 2 aromatic rings. The van der Waals surface area contributed by atoms with Gasteiger partial charge in [-0.2, -0.15) is 0 Å². The number of ketones is 1. The molecule has 0 spiro atoms. The maximum absolute atomic E-state index is 13.3. The van der Waals surface area contributed by atoms with Crippen LogP contribution in [0.2, 0.25) is 0 Å². The van der Waals surface area contributed by atoms with Crippen molar-refractivity contribution in [3.05, 3.63) is 70.8 Å². The smallest absolute Gasteiger partial charge is 0.210 e. The fourth-order valence-electron chi connectivity index (χ4n) is 3.44. The Balaban J connectivity index is 2.08. The second kappa shape index (κ2) is 7.79. The molecule has 0 saturated heterocycles. The van der Waals surface area contributed by atoms with Gasteiger partial charge in [0.05, 0.1) is 11.3 Å². The molecule has 0 N–H and O–H groups in total. The Bertz CT molecular complexity index is 1010. The third kappa shape index (κ3) is 4.30. The third-order valence-corrected chi connectivity index (χ3v) is 6.13. The van der Waals surface area contributed by atoms with E-state index >= 15 is 0 Å². The van der Waals surface area contributed by atoms with Crippen LogP contribution in [0.15, 0.2) is 48.5 Å². The molecule has 29 heavy (non-hydrogen) atoms. The van der Waals surface area contributed by atoms with Crippen LogP contribution in [0, 0.1) is 0 Å². The van der Waals surface area contributed by atoms with Crippen molar-refractivity contribution in [2.24, 2.45) is 0 Å². The van der Waals surface area contributed by atoms with Crippen molar-refractivity contribution >= 4 is 27.8 Å². The van der Waals surface area contributed by atoms with Crippen LogP contribution in [0.25, 0.3) is 11.3 Å². The van der Waals surface area contributed by atoms with Gasteiger partial charge in [0.15, 0.2) is 5.60 Å². The molecule has 1 atom stereocenters. The molecule has 3 rings (SSSR count). The van der Waals surface area contributed by atoms with Crippen LogP contribution in [0.5, 0.6) is 0 Å². The molecule has 2 aromatic carbocycles. The summed E-state index contributed by atoms with van der Waals surface area (Å²) in [7, 11) is -2.48. The van der Waals surface area contributed by atoms with E-state index in [2.05, 4.69) is 32.9 Å². The van der Waals surface area contributed by atoms with Gasteiger partial charge in [0, 0.05) is 5.56 Å². The first kappa shape index (κ1) is 21.3. The summed E-state index contributed by atoms with van der Waals surface area (Å²) in [6, 6.07) is 15.3. The van der Waals surface area contributed by atoms with Crippen LogP contribution in [0.1, 0.15) is 63.3 Å². The topological polar surface area (TPSA) is 60.4 Å². The van der Waals surface area contributed by atoms with Crippen molar-refractivity contribution in [1.29, 1.82) is 0 Å². The second-order valence-electron chi connectivity index (χ2n) is 8.73. The quantitative estimate of drug-likeness (QED) is 0.721. The number of carbonyl (C=O) groups excluding carboxylic acids is 1. The first-order valence-corrected chi connectivity index (χ1v) is 11.2. The average molecular weight is 413 g/mol. The van der Waals surface area contributed by atoms with Gasteiger partial charge in [-0.15, -0.1) is 0 Å². The Labute approximate surface area is 174 Å². The van der Waals surface area contributed by atoms with Gasteiger partial charge >= 0.3 is 0 Å². The highest BCUT2D eigenvalue weighted by Crippen LogP contribution is 2.43. The van der Waals surface area contributed by atoms with Crippen LogP contribution in [0.3, 0.4) is 0 Å². The van der Waals surface area contributed by atoms with Crippen LogP contribution in [-0.4, -0.2) is 19.8 Å². The molecule has 0 bridgehead atoms. The van der Waals surface area contributed by atoms with Crippen molar-refractivity contribution in [3.8, 4) is 0 Å². The Hall–Kier alpha value is -2.40. The fourth-order valence-corrected chi connectivity index (χ4v) is 3.94. The minimum absolute atomic E-state index is 0.00223. The number of thiol groups is 1. The van der Waals surface area contributed by atoms with Crippen LogP contribution < -0.4 is 0 Å². The number of carbonyl (C=O) groups is 1. The zero-order chi connectivity index (χ0) is 21.4. The molecule has 154 valence electrons. The molecule has 1 unspecified atom stereocenters. The molecule has 0 aromatic heterocycles. The van der Waals surface area contributed by atoms with Crippen LogP contribution >= 0.6 is 0 Å². The molecule has 5 heteroatoms. The fraction of sp³-hybridized carbons (Fsp3) is 0.375. The van der Waals surface area contributed by atoms with Crippen molar-refractivity contribution in [3.63, 3.8) is 0 Å². The number of Topliss-reactive ketones (excluding diaryl/α,β-unsaturated/α-hetero) is 1. The summed E-state index contributed by atoms with van der Waals surface area (Å²) in [5, 5.41) is 0. The summed E-state index contributed by atoms with van der Waals surface area (Å²) in [6.07, 6.45) is 0.563. The van der Waals surface area contributed by atoms with Crippen molar-refractivity contribution in [2.75, 3.05) is 0 Å². The summed E-state index contributed by atoms with van der Waals surface area (Å²) < 4.78 is 28.1. The van der Waals surface area contributed by atoms with E-state index in [4.69, 9.17) is 4.74 Å². The first-order valence-electron chi connectivity index (χ1n) is 9.85. The largest absolute Gasteiger partial charge is 0.478 e. The van der Waals surface area contributed by atoms with Gasteiger partial charge < -0.3 is 4.74 Å². The zero-order valence-corrected chi connectivity index (χ0v) is 18.5. The first-order chi connectivity index (χ1) is 13.5. The number of ether oxygens (including phenoxy) is 1. The Kier molecular flexibility index (Phi) is 5.72. The van der Waals surface area contributed by atoms with Crippen LogP contribution in [-0.2, 0) is 31.4 Å². The standard InChI is InChI=1S/C24H28O4S/c1-6-24(5)22(25)20(17-11-13-19(14-12-17)23(2,3)4)21(28-24)18-9-7-16(8-10-18)15-29(26)27/h7-14,29H,6,15H2,1-5H3. The summed E-state index contributed by atoms with van der Waals surface area (Å²) in [4.78, 5) is 13.3. The van der Waals surface area contributed by atoms with Gasteiger partial charge in [-0.25, -0.2) is 8.42 Å². The van der Waals surface area contributed by atoms with Gasteiger partial charge in [0.25, 0.3) is 0 Å². The molecular formula is C24H28O4S. The van der Waals surface area contributed by atoms with Gasteiger partial charge in [0.2, 0.25) is 5.78 Å². The lowest BCUT2D eigenvalue weighted by molar-refractivity contribution is -0.126. The summed E-state index contributed by atoms with van der Waals surface area (Å²) in [5.74, 6) is 0.536. The molecular weight excluding hydrogens is 384 g/mol. The normalized spacial score (nSPS) is 19.7. The highest BCUT2D eigenvalue weighted by atomic mass is 32.2. The SMILES string of the molecule is CCC1(C)OC(c2ccc(C[SH](=O)=O)cc2)=C(c2ccc(C(C)(C)C)cc2)C1=O. The van der Waals surface area contributed by atoms with Crippen molar-refractivity contribution in [2.45, 2.75) is 57.8 Å². The Morgan fingerprint density at radius 1 is 0.931 bits per heavy atom. The molecule has 4 nitrogen and oxygen atoms in total. The summed E-state index contributed by atoms with van der Waals surface area (Å²) in [6.45, 7) is 10.2. The van der Waals surface area contributed by atoms with E-state index in [1.54, 1.807) is 12.1 Å². The van der Waals surface area contributed by atoms with E-state index in [-0.39, 0.29) is 17.0 Å². The van der Waals surface area contributed by atoms with E-state index in [9.17, 15) is 13.2 Å². The Morgan fingerprint density at radius 3 is 1.97 bits per heavy atom.